The molecule has 27 nitrogen and oxygen atoms in total. The van der Waals surface area contributed by atoms with Crippen LogP contribution in [-0.4, -0.2) is 156 Å². The van der Waals surface area contributed by atoms with E-state index in [4.69, 9.17) is 34.7 Å². The molecule has 10 atom stereocenters. The molecule has 29 heteroatoms. The molecular weight excluding hydrogens is 860 g/mol. The number of nitrogen functional groups attached to an aromatic ring is 2. The Labute approximate surface area is 345 Å². The van der Waals surface area contributed by atoms with Crippen LogP contribution < -0.4 is 17.2 Å². The Morgan fingerprint density at radius 3 is 2.36 bits per heavy atom. The summed E-state index contributed by atoms with van der Waals surface area (Å²) in [6.07, 6.45) is -8.11. The van der Waals surface area contributed by atoms with Crippen molar-refractivity contribution in [3.63, 3.8) is 0 Å². The van der Waals surface area contributed by atoms with Crippen molar-refractivity contribution < 1.29 is 81.6 Å². The lowest BCUT2D eigenvalue weighted by atomic mass is 10.0. The highest BCUT2D eigenvalue weighted by Crippen LogP contribution is 2.50. The van der Waals surface area contributed by atoms with Crippen LogP contribution in [0.4, 0.5) is 11.6 Å². The highest BCUT2D eigenvalue weighted by atomic mass is 31.2. The van der Waals surface area contributed by atoms with Gasteiger partial charge in [-0.1, -0.05) is 6.08 Å². The Balaban J connectivity index is 1.48. The molecule has 0 aliphatic carbocycles. The van der Waals surface area contributed by atoms with Crippen LogP contribution in [0.1, 0.15) is 45.6 Å². The number of allylic oxidation sites excluding steroid dienone is 1. The molecule has 0 saturated carbocycles. The summed E-state index contributed by atoms with van der Waals surface area (Å²) in [6, 6.07) is -2.39. The van der Waals surface area contributed by atoms with Crippen LogP contribution in [0.2, 0.25) is 0 Å². The van der Waals surface area contributed by atoms with Gasteiger partial charge >= 0.3 is 27.3 Å². The van der Waals surface area contributed by atoms with Gasteiger partial charge < -0.3 is 65.7 Å². The van der Waals surface area contributed by atoms with Gasteiger partial charge in [-0.15, -0.1) is 6.58 Å². The fraction of sp³-hybridized carbons (Fsp3) is 0.594. The number of anilines is 2. The Kier molecular flexibility index (Phi) is 15.2. The Morgan fingerprint density at radius 2 is 1.72 bits per heavy atom. The Morgan fingerprint density at radius 1 is 1.05 bits per heavy atom. The maximum absolute atomic E-state index is 14.0. The normalized spacial score (nSPS) is 26.0. The summed E-state index contributed by atoms with van der Waals surface area (Å²) >= 11 is 0. The smallest absolute Gasteiger partial charge is 0.472 e. The number of amides is 1. The molecule has 2 aliphatic rings. The standard InChI is InChI=1S/C32H47N9O18P2/c1-4-5-6-20(42)41(16(30(45)46)11-54-10-8-32(2,3)48)22-17(57-28(23(22)43)40-15-37-21-26(34)35-14-36-27(21)40)12-56-61(52,53)59-25-18(13-55-60(49,50)51)58-29(24(25)44)39-9-7-19(33)38-31(39)47/h4,7,9,14-18,22-25,28-29,43-44,48H,1,5-6,8,10-13H2,2-3H3,(H,45,46)(H,52,53)(H2,33,38,47)(H2,34,35,36)(H2,49,50,51)/t16-,17?,18-,22?,23?,24-,25-,28?,29-/m1/s1. The first-order valence-electron chi connectivity index (χ1n) is 18.3. The topological polar surface area (TPSA) is 399 Å². The summed E-state index contributed by atoms with van der Waals surface area (Å²) in [7, 11) is -10.7. The van der Waals surface area contributed by atoms with Gasteiger partial charge in [0.2, 0.25) is 5.91 Å². The highest BCUT2D eigenvalue weighted by Gasteiger charge is 2.54. The SMILES string of the molecule is C=CCCC(=O)N(C1C(COP(=O)(O)O[C@H]2[C@@H](O)[C@H](n3ccc(N)nc3=O)O[C@@H]2COP(=O)(O)O)OC(n2cnc3c(N)ncnc32)C1O)[C@H](COCCC(C)(C)O)C(=O)O. The van der Waals surface area contributed by atoms with Crippen LogP contribution in [-0.2, 0) is 46.5 Å². The van der Waals surface area contributed by atoms with Gasteiger partial charge in [0.1, 0.15) is 48.2 Å². The number of imidazole rings is 1. The predicted molar refractivity (Wildman–Crippen MR) is 204 cm³/mol. The van der Waals surface area contributed by atoms with Crippen LogP contribution in [0.15, 0.2) is 42.4 Å². The van der Waals surface area contributed by atoms with Gasteiger partial charge in [-0.2, -0.15) is 4.98 Å². The number of nitrogens with zero attached hydrogens (tertiary/aromatic N) is 7. The second kappa shape index (κ2) is 19.4. The van der Waals surface area contributed by atoms with Crippen molar-refractivity contribution in [2.75, 3.05) is 37.9 Å². The summed E-state index contributed by atoms with van der Waals surface area (Å²) in [5, 5.41) is 43.8. The molecule has 2 saturated heterocycles. The van der Waals surface area contributed by atoms with Gasteiger partial charge in [-0.3, -0.25) is 27.5 Å². The molecular formula is C32H47N9O18P2. The van der Waals surface area contributed by atoms with E-state index in [0.29, 0.717) is 0 Å². The number of aliphatic carboxylic acids is 1. The van der Waals surface area contributed by atoms with E-state index in [1.165, 1.54) is 30.8 Å². The number of fused-ring (bicyclic) bond motifs is 1. The molecule has 1 amide bonds. The number of rotatable bonds is 21. The van der Waals surface area contributed by atoms with Crippen LogP contribution in [0, 0.1) is 0 Å². The molecule has 11 N–H and O–H groups in total. The third-order valence-electron chi connectivity index (χ3n) is 9.42. The summed E-state index contributed by atoms with van der Waals surface area (Å²) < 4.78 is 59.5. The van der Waals surface area contributed by atoms with Gasteiger partial charge in [0.05, 0.1) is 37.8 Å². The van der Waals surface area contributed by atoms with Gasteiger partial charge in [0.15, 0.2) is 30.0 Å². The van der Waals surface area contributed by atoms with Crippen LogP contribution in [0.5, 0.6) is 0 Å². The summed E-state index contributed by atoms with van der Waals surface area (Å²) in [4.78, 5) is 85.6. The third kappa shape index (κ3) is 11.8. The van der Waals surface area contributed by atoms with Crippen molar-refractivity contribution >= 4 is 50.3 Å². The number of carbonyl (C=O) groups is 2. The zero-order valence-electron chi connectivity index (χ0n) is 32.5. The van der Waals surface area contributed by atoms with Crippen LogP contribution in [0.3, 0.4) is 0 Å². The number of aromatic nitrogens is 6. The van der Waals surface area contributed by atoms with E-state index in [0.717, 1.165) is 28.1 Å². The summed E-state index contributed by atoms with van der Waals surface area (Å²) in [5.41, 5.74) is 9.36. The lowest BCUT2D eigenvalue weighted by molar-refractivity contribution is -0.159. The maximum Gasteiger partial charge on any atom is 0.472 e. The molecule has 338 valence electrons. The number of phosphoric acid groups is 2. The molecule has 3 aromatic heterocycles. The second-order valence-electron chi connectivity index (χ2n) is 14.5. The maximum atomic E-state index is 14.0. The minimum Gasteiger partial charge on any atom is -0.480 e. The van der Waals surface area contributed by atoms with Crippen molar-refractivity contribution in [1.82, 2.24) is 34.0 Å². The van der Waals surface area contributed by atoms with E-state index < -0.39 is 114 Å². The number of aliphatic hydroxyl groups excluding tert-OH is 2. The number of ether oxygens (including phenoxy) is 3. The minimum atomic E-state index is -5.51. The number of hydrogen-bond donors (Lipinski definition) is 9. The van der Waals surface area contributed by atoms with E-state index in [1.807, 2.05) is 0 Å². The average molecular weight is 908 g/mol. The van der Waals surface area contributed by atoms with Gasteiger partial charge in [0, 0.05) is 19.2 Å². The molecule has 0 radical (unpaired) electrons. The first-order valence-corrected chi connectivity index (χ1v) is 21.3. The van der Waals surface area contributed by atoms with E-state index in [1.54, 1.807) is 0 Å². The molecule has 2 aliphatic heterocycles. The number of carboxylic acid groups (broad SMARTS) is 1. The van der Waals surface area contributed by atoms with Gasteiger partial charge in [-0.05, 0) is 32.8 Å². The van der Waals surface area contributed by atoms with Crippen molar-refractivity contribution in [1.29, 1.82) is 0 Å². The molecule has 61 heavy (non-hydrogen) atoms. The quantitative estimate of drug-likeness (QED) is 0.0322. The molecule has 0 bridgehead atoms. The van der Waals surface area contributed by atoms with Gasteiger partial charge in [0.25, 0.3) is 0 Å². The van der Waals surface area contributed by atoms with Crippen molar-refractivity contribution in [3.05, 3.63) is 48.1 Å². The molecule has 5 heterocycles. The summed E-state index contributed by atoms with van der Waals surface area (Å²) in [5.74, 6) is -2.69. The molecule has 5 rings (SSSR count). The first kappa shape index (κ1) is 47.7. The predicted octanol–water partition coefficient (Wildman–Crippen LogP) is -1.83. The number of phosphoric ester groups is 2. The number of aliphatic hydroxyl groups is 3. The third-order valence-corrected chi connectivity index (χ3v) is 10.9. The van der Waals surface area contributed by atoms with E-state index in [2.05, 4.69) is 31.0 Å². The summed E-state index contributed by atoms with van der Waals surface area (Å²) in [6.45, 7) is 3.70. The van der Waals surface area contributed by atoms with E-state index in [-0.39, 0.29) is 48.7 Å². The highest BCUT2D eigenvalue weighted by molar-refractivity contribution is 7.47. The Hall–Kier alpha value is -4.31. The fourth-order valence-electron chi connectivity index (χ4n) is 6.54. The molecule has 3 aromatic rings. The van der Waals surface area contributed by atoms with E-state index in [9.17, 15) is 58.6 Å². The lowest BCUT2D eigenvalue weighted by Gasteiger charge is -2.37. The average Bonchev–Trinajstić information content (AvgIpc) is 3.82. The van der Waals surface area contributed by atoms with Crippen LogP contribution >= 0.6 is 15.6 Å². The molecule has 0 spiro atoms. The monoisotopic (exact) mass is 907 g/mol. The zero-order valence-corrected chi connectivity index (χ0v) is 34.3. The largest absolute Gasteiger partial charge is 0.480 e. The minimum absolute atomic E-state index is 0.0334. The number of carboxylic acids is 1. The van der Waals surface area contributed by atoms with E-state index >= 15 is 0 Å². The number of hydrogen-bond acceptors (Lipinski definition) is 20. The molecule has 5 unspecified atom stereocenters. The van der Waals surface area contributed by atoms with Gasteiger partial charge in [-0.25, -0.2) is 33.7 Å². The number of nitrogens with two attached hydrogens (primary N) is 2. The number of carbonyl (C=O) groups excluding carboxylic acids is 1. The van der Waals surface area contributed by atoms with Crippen LogP contribution in [0.25, 0.3) is 11.2 Å². The molecule has 2 fully saturated rings. The molecule has 0 aromatic carbocycles. The van der Waals surface area contributed by atoms with Crippen molar-refractivity contribution in [2.45, 2.75) is 93.8 Å². The van der Waals surface area contributed by atoms with Crippen molar-refractivity contribution in [2.24, 2.45) is 0 Å². The fourth-order valence-corrected chi connectivity index (χ4v) is 7.85. The zero-order chi connectivity index (χ0) is 45.0. The second-order valence-corrected chi connectivity index (χ2v) is 17.1. The lowest BCUT2D eigenvalue weighted by Crippen LogP contribution is -2.59. The Bertz CT molecular complexity index is 2200. The first-order chi connectivity index (χ1) is 28.5. The van der Waals surface area contributed by atoms with Crippen molar-refractivity contribution in [3.8, 4) is 0 Å².